The van der Waals surface area contributed by atoms with Crippen LogP contribution in [-0.2, 0) is 12.2 Å². The van der Waals surface area contributed by atoms with Crippen molar-refractivity contribution >= 4 is 23.4 Å². The Labute approximate surface area is 176 Å². The zero-order chi connectivity index (χ0) is 19.5. The van der Waals surface area contributed by atoms with E-state index < -0.39 is 0 Å². The van der Waals surface area contributed by atoms with Crippen LogP contribution >= 0.6 is 23.4 Å². The molecule has 1 heterocycles. The van der Waals surface area contributed by atoms with Gasteiger partial charge in [-0.05, 0) is 59.7 Å². The molecule has 2 aromatic carbocycles. The highest BCUT2D eigenvalue weighted by Crippen LogP contribution is 2.45. The lowest BCUT2D eigenvalue weighted by Crippen LogP contribution is -2.16. The van der Waals surface area contributed by atoms with Crippen LogP contribution in [0.4, 0.5) is 0 Å². The van der Waals surface area contributed by atoms with Crippen LogP contribution < -0.4 is 4.74 Å². The summed E-state index contributed by atoms with van der Waals surface area (Å²) >= 11 is 8.21. The maximum Gasteiger partial charge on any atom is 0.219 e. The summed E-state index contributed by atoms with van der Waals surface area (Å²) in [7, 11) is 0. The molecule has 0 radical (unpaired) electrons. The Hall–Kier alpha value is -1.97. The van der Waals surface area contributed by atoms with Crippen molar-refractivity contribution in [3.05, 3.63) is 88.6 Å². The zero-order valence-electron chi connectivity index (χ0n) is 16.1. The molecule has 2 atom stereocenters. The number of benzene rings is 2. The van der Waals surface area contributed by atoms with E-state index in [4.69, 9.17) is 21.3 Å². The van der Waals surface area contributed by atoms with Gasteiger partial charge in [-0.2, -0.15) is 11.8 Å². The molecule has 144 valence electrons. The van der Waals surface area contributed by atoms with Gasteiger partial charge in [-0.15, -0.1) is 0 Å². The topological polar surface area (TPSA) is 22.1 Å². The average molecular weight is 410 g/mol. The minimum atomic E-state index is 0.550. The van der Waals surface area contributed by atoms with Crippen LogP contribution in [0.3, 0.4) is 0 Å². The number of hydrogen-bond acceptors (Lipinski definition) is 3. The van der Waals surface area contributed by atoms with Crippen LogP contribution in [0, 0.1) is 5.92 Å². The van der Waals surface area contributed by atoms with Gasteiger partial charge in [-0.3, -0.25) is 0 Å². The Morgan fingerprint density at radius 3 is 2.68 bits per heavy atom. The van der Waals surface area contributed by atoms with Gasteiger partial charge in [0.05, 0.1) is 5.69 Å². The Balaban J connectivity index is 1.45. The molecule has 0 saturated heterocycles. The fourth-order valence-electron chi connectivity index (χ4n) is 3.97. The molecule has 1 aliphatic carbocycles. The van der Waals surface area contributed by atoms with Gasteiger partial charge >= 0.3 is 0 Å². The van der Waals surface area contributed by atoms with E-state index in [2.05, 4.69) is 32.0 Å². The number of halogens is 1. The fraction of sp³-hybridized carbons (Fsp3) is 0.292. The number of rotatable bonds is 6. The molecule has 0 saturated carbocycles. The summed E-state index contributed by atoms with van der Waals surface area (Å²) in [5.41, 5.74) is 3.92. The summed E-state index contributed by atoms with van der Waals surface area (Å²) in [6.07, 6.45) is 1.07. The van der Waals surface area contributed by atoms with E-state index in [9.17, 15) is 0 Å². The van der Waals surface area contributed by atoms with E-state index in [1.807, 2.05) is 60.3 Å². The summed E-state index contributed by atoms with van der Waals surface area (Å²) in [5.74, 6) is 3.48. The van der Waals surface area contributed by atoms with Gasteiger partial charge in [-0.1, -0.05) is 55.8 Å². The first-order valence-electron chi connectivity index (χ1n) is 9.69. The van der Waals surface area contributed by atoms with Gasteiger partial charge in [0.2, 0.25) is 5.88 Å². The molecule has 0 amide bonds. The second-order valence-corrected chi connectivity index (χ2v) is 9.21. The van der Waals surface area contributed by atoms with Crippen molar-refractivity contribution in [2.45, 2.75) is 37.2 Å². The van der Waals surface area contributed by atoms with Crippen molar-refractivity contribution in [2.75, 3.05) is 0 Å². The minimum Gasteiger partial charge on any atom is -0.439 e. The van der Waals surface area contributed by atoms with Gasteiger partial charge in [0.1, 0.15) is 5.75 Å². The van der Waals surface area contributed by atoms with Crippen LogP contribution in [0.5, 0.6) is 11.6 Å². The average Bonchev–Trinajstić information content (AvgIpc) is 3.05. The van der Waals surface area contributed by atoms with Gasteiger partial charge in [-0.25, -0.2) is 4.98 Å². The lowest BCUT2D eigenvalue weighted by Gasteiger charge is -2.23. The molecule has 0 spiro atoms. The number of aromatic nitrogens is 1. The number of fused-ring (bicyclic) bond motifs is 1. The third-order valence-electron chi connectivity index (χ3n) is 5.20. The molecule has 1 aromatic heterocycles. The van der Waals surface area contributed by atoms with Gasteiger partial charge < -0.3 is 4.74 Å². The molecule has 3 aromatic rings. The van der Waals surface area contributed by atoms with E-state index in [1.165, 1.54) is 11.1 Å². The first-order chi connectivity index (χ1) is 13.6. The molecule has 2 nitrogen and oxygen atoms in total. The number of para-hydroxylation sites is 1. The molecule has 2 unspecified atom stereocenters. The number of hydrogen-bond donors (Lipinski definition) is 0. The molecule has 0 N–H and O–H groups in total. The highest BCUT2D eigenvalue weighted by Gasteiger charge is 2.34. The van der Waals surface area contributed by atoms with E-state index in [0.29, 0.717) is 23.0 Å². The molecule has 4 rings (SSSR count). The molecule has 28 heavy (non-hydrogen) atoms. The first-order valence-corrected chi connectivity index (χ1v) is 11.1. The normalized spacial score (nSPS) is 18.3. The van der Waals surface area contributed by atoms with Crippen LogP contribution in [0.1, 0.15) is 36.6 Å². The molecule has 0 bridgehead atoms. The lowest BCUT2D eigenvalue weighted by molar-refractivity contribution is 0.461. The second-order valence-electron chi connectivity index (χ2n) is 7.55. The summed E-state index contributed by atoms with van der Waals surface area (Å²) in [6, 6.07) is 22.2. The number of nitrogens with zero attached hydrogens (tertiary/aromatic N) is 1. The van der Waals surface area contributed by atoms with Gasteiger partial charge in [0, 0.05) is 22.1 Å². The van der Waals surface area contributed by atoms with E-state index in [1.54, 1.807) is 0 Å². The minimum absolute atomic E-state index is 0.550. The van der Waals surface area contributed by atoms with Gasteiger partial charge in [0.15, 0.2) is 0 Å². The fourth-order valence-corrected chi connectivity index (χ4v) is 5.67. The summed E-state index contributed by atoms with van der Waals surface area (Å²) in [5, 5.41) is 1.38. The van der Waals surface area contributed by atoms with Crippen molar-refractivity contribution < 1.29 is 4.74 Å². The van der Waals surface area contributed by atoms with Crippen LogP contribution in [0.25, 0.3) is 0 Å². The van der Waals surface area contributed by atoms with Crippen molar-refractivity contribution in [2.24, 2.45) is 5.92 Å². The van der Waals surface area contributed by atoms with Crippen LogP contribution in [0.15, 0.2) is 66.7 Å². The Kier molecular flexibility index (Phi) is 5.93. The van der Waals surface area contributed by atoms with Crippen LogP contribution in [-0.4, -0.2) is 10.2 Å². The molecule has 1 aliphatic rings. The SMILES string of the molecule is CC(C)C1c2ccc(Cl)cc2CC1SCc1cccc(Oc2ccccc2)n1. The van der Waals surface area contributed by atoms with Crippen molar-refractivity contribution in [1.82, 2.24) is 4.98 Å². The zero-order valence-corrected chi connectivity index (χ0v) is 17.7. The first kappa shape index (κ1) is 19.4. The maximum absolute atomic E-state index is 6.22. The predicted molar refractivity (Wildman–Crippen MR) is 119 cm³/mol. The number of pyridine rings is 1. The Bertz CT molecular complexity index is 944. The Morgan fingerprint density at radius 1 is 1.07 bits per heavy atom. The third-order valence-corrected chi connectivity index (χ3v) is 6.78. The standard InChI is InChI=1S/C24H24ClNOS/c1-16(2)24-21-12-11-18(25)13-17(21)14-22(24)28-15-19-7-6-10-23(26-19)27-20-8-4-3-5-9-20/h3-13,16,22,24H,14-15H2,1-2H3. The van der Waals surface area contributed by atoms with E-state index in [0.717, 1.165) is 28.6 Å². The molecule has 4 heteroatoms. The second kappa shape index (κ2) is 8.59. The summed E-state index contributed by atoms with van der Waals surface area (Å²) in [4.78, 5) is 4.70. The monoisotopic (exact) mass is 409 g/mol. The number of ether oxygens (including phenoxy) is 1. The smallest absolute Gasteiger partial charge is 0.219 e. The highest BCUT2D eigenvalue weighted by atomic mass is 35.5. The lowest BCUT2D eigenvalue weighted by atomic mass is 9.90. The van der Waals surface area contributed by atoms with Crippen LogP contribution in [0.2, 0.25) is 5.02 Å². The molecule has 0 aliphatic heterocycles. The molecular weight excluding hydrogens is 386 g/mol. The maximum atomic E-state index is 6.22. The molecular formula is C24H24ClNOS. The summed E-state index contributed by atoms with van der Waals surface area (Å²) in [6.45, 7) is 4.63. The van der Waals surface area contributed by atoms with Crippen molar-refractivity contribution in [1.29, 1.82) is 0 Å². The number of thioether (sulfide) groups is 1. The quantitative estimate of drug-likeness (QED) is 0.432. The Morgan fingerprint density at radius 2 is 1.89 bits per heavy atom. The molecule has 0 fully saturated rings. The van der Waals surface area contributed by atoms with Crippen molar-refractivity contribution in [3.63, 3.8) is 0 Å². The summed E-state index contributed by atoms with van der Waals surface area (Å²) < 4.78 is 5.88. The third kappa shape index (κ3) is 4.37. The largest absolute Gasteiger partial charge is 0.439 e. The predicted octanol–water partition coefficient (Wildman–Crippen LogP) is 7.13. The van der Waals surface area contributed by atoms with E-state index in [-0.39, 0.29) is 0 Å². The highest BCUT2D eigenvalue weighted by molar-refractivity contribution is 7.99. The van der Waals surface area contributed by atoms with Crippen molar-refractivity contribution in [3.8, 4) is 11.6 Å². The van der Waals surface area contributed by atoms with Gasteiger partial charge in [0.25, 0.3) is 0 Å². The van der Waals surface area contributed by atoms with E-state index >= 15 is 0 Å².